The summed E-state index contributed by atoms with van der Waals surface area (Å²) in [5.41, 5.74) is 1.09. The molecule has 1 aromatic rings. The number of hydrogen-bond donors (Lipinski definition) is 1. The first-order valence-electron chi connectivity index (χ1n) is 4.24. The average molecular weight is 184 g/mol. The van der Waals surface area contributed by atoms with E-state index < -0.39 is 0 Å². The molecular weight excluding hydrogens is 170 g/mol. The molecule has 0 aliphatic carbocycles. The van der Waals surface area contributed by atoms with Crippen LogP contribution in [0.1, 0.15) is 20.3 Å². The van der Waals surface area contributed by atoms with Crippen molar-refractivity contribution in [3.8, 4) is 0 Å². The van der Waals surface area contributed by atoms with Crippen LogP contribution in [-0.4, -0.2) is 6.04 Å². The van der Waals surface area contributed by atoms with Crippen LogP contribution >= 0.6 is 11.6 Å². The lowest BCUT2D eigenvalue weighted by atomic mass is 10.2. The molecule has 12 heavy (non-hydrogen) atoms. The predicted octanol–water partition coefficient (Wildman–Crippen LogP) is 3.55. The molecule has 0 saturated carbocycles. The van der Waals surface area contributed by atoms with Crippen molar-refractivity contribution in [1.29, 1.82) is 0 Å². The Morgan fingerprint density at radius 2 is 2.25 bits per heavy atom. The van der Waals surface area contributed by atoms with Gasteiger partial charge in [-0.3, -0.25) is 0 Å². The Labute approximate surface area is 78.7 Å². The molecule has 0 heterocycles. The number of hydrogen-bond acceptors (Lipinski definition) is 1. The van der Waals surface area contributed by atoms with Crippen molar-refractivity contribution in [2.75, 3.05) is 5.32 Å². The standard InChI is InChI=1S/C10H14ClN/c1-3-8(2)12-10-6-4-5-9(11)7-10/h4-8,12H,3H2,1-2H3. The highest BCUT2D eigenvalue weighted by Gasteiger charge is 1.97. The summed E-state index contributed by atoms with van der Waals surface area (Å²) >= 11 is 5.83. The van der Waals surface area contributed by atoms with Crippen LogP contribution in [0, 0.1) is 0 Å². The van der Waals surface area contributed by atoms with Crippen LogP contribution in [0.2, 0.25) is 5.02 Å². The zero-order chi connectivity index (χ0) is 8.97. The summed E-state index contributed by atoms with van der Waals surface area (Å²) in [6.07, 6.45) is 1.12. The predicted molar refractivity (Wildman–Crippen MR) is 54.8 cm³/mol. The topological polar surface area (TPSA) is 12.0 Å². The summed E-state index contributed by atoms with van der Waals surface area (Å²) in [5.74, 6) is 0. The molecule has 66 valence electrons. The van der Waals surface area contributed by atoms with Gasteiger partial charge in [-0.1, -0.05) is 24.6 Å². The zero-order valence-electron chi connectivity index (χ0n) is 7.47. The van der Waals surface area contributed by atoms with Crippen LogP contribution in [0.4, 0.5) is 5.69 Å². The maximum absolute atomic E-state index is 5.83. The second kappa shape index (κ2) is 4.36. The number of halogens is 1. The van der Waals surface area contributed by atoms with Gasteiger partial charge >= 0.3 is 0 Å². The summed E-state index contributed by atoms with van der Waals surface area (Å²) < 4.78 is 0. The molecule has 1 nitrogen and oxygen atoms in total. The maximum Gasteiger partial charge on any atom is 0.0426 e. The fraction of sp³-hybridized carbons (Fsp3) is 0.400. The molecule has 0 aliphatic rings. The van der Waals surface area contributed by atoms with Crippen LogP contribution in [-0.2, 0) is 0 Å². The van der Waals surface area contributed by atoms with Crippen LogP contribution < -0.4 is 5.32 Å². The molecule has 0 saturated heterocycles. The Balaban J connectivity index is 2.63. The van der Waals surface area contributed by atoms with E-state index >= 15 is 0 Å². The van der Waals surface area contributed by atoms with Crippen LogP contribution in [0.25, 0.3) is 0 Å². The van der Waals surface area contributed by atoms with Gasteiger partial charge < -0.3 is 5.32 Å². The Hall–Kier alpha value is -0.690. The Kier molecular flexibility index (Phi) is 3.42. The molecule has 1 atom stereocenters. The summed E-state index contributed by atoms with van der Waals surface area (Å²) in [7, 11) is 0. The fourth-order valence-corrected chi connectivity index (χ4v) is 1.16. The molecule has 1 N–H and O–H groups in total. The lowest BCUT2D eigenvalue weighted by molar-refractivity contribution is 0.764. The van der Waals surface area contributed by atoms with Gasteiger partial charge in [0.25, 0.3) is 0 Å². The number of nitrogens with one attached hydrogen (secondary N) is 1. The van der Waals surface area contributed by atoms with E-state index in [2.05, 4.69) is 19.2 Å². The van der Waals surface area contributed by atoms with Gasteiger partial charge in [0.05, 0.1) is 0 Å². The van der Waals surface area contributed by atoms with Gasteiger partial charge in [-0.2, -0.15) is 0 Å². The Morgan fingerprint density at radius 3 is 2.83 bits per heavy atom. The summed E-state index contributed by atoms with van der Waals surface area (Å²) in [5, 5.41) is 4.13. The van der Waals surface area contributed by atoms with Crippen molar-refractivity contribution < 1.29 is 0 Å². The molecular formula is C10H14ClN. The van der Waals surface area contributed by atoms with Crippen LogP contribution in [0.5, 0.6) is 0 Å². The van der Waals surface area contributed by atoms with Crippen molar-refractivity contribution in [3.63, 3.8) is 0 Å². The molecule has 0 amide bonds. The van der Waals surface area contributed by atoms with Crippen molar-refractivity contribution in [2.45, 2.75) is 26.3 Å². The minimum absolute atomic E-state index is 0.503. The van der Waals surface area contributed by atoms with Gasteiger partial charge in [-0.15, -0.1) is 0 Å². The van der Waals surface area contributed by atoms with Gasteiger partial charge in [-0.05, 0) is 31.5 Å². The van der Waals surface area contributed by atoms with E-state index in [1.807, 2.05) is 24.3 Å². The highest BCUT2D eigenvalue weighted by molar-refractivity contribution is 6.30. The lowest BCUT2D eigenvalue weighted by Gasteiger charge is -2.12. The van der Waals surface area contributed by atoms with Crippen molar-refractivity contribution >= 4 is 17.3 Å². The summed E-state index contributed by atoms with van der Waals surface area (Å²) in [4.78, 5) is 0. The first-order valence-corrected chi connectivity index (χ1v) is 4.62. The lowest BCUT2D eigenvalue weighted by Crippen LogP contribution is -2.12. The molecule has 0 fully saturated rings. The van der Waals surface area contributed by atoms with Crippen molar-refractivity contribution in [2.24, 2.45) is 0 Å². The third-order valence-electron chi connectivity index (χ3n) is 1.85. The third-order valence-corrected chi connectivity index (χ3v) is 2.09. The quantitative estimate of drug-likeness (QED) is 0.756. The number of anilines is 1. The van der Waals surface area contributed by atoms with Gasteiger partial charge in [0.15, 0.2) is 0 Å². The first-order chi connectivity index (χ1) is 5.72. The van der Waals surface area contributed by atoms with Gasteiger partial charge in [-0.25, -0.2) is 0 Å². The van der Waals surface area contributed by atoms with E-state index in [0.29, 0.717) is 6.04 Å². The van der Waals surface area contributed by atoms with Crippen LogP contribution in [0.3, 0.4) is 0 Å². The minimum Gasteiger partial charge on any atom is -0.383 e. The fourth-order valence-electron chi connectivity index (χ4n) is 0.965. The smallest absolute Gasteiger partial charge is 0.0426 e. The normalized spacial score (nSPS) is 12.6. The van der Waals surface area contributed by atoms with Gasteiger partial charge in [0.1, 0.15) is 0 Å². The van der Waals surface area contributed by atoms with Gasteiger partial charge in [0, 0.05) is 16.8 Å². The molecule has 1 unspecified atom stereocenters. The van der Waals surface area contributed by atoms with E-state index in [9.17, 15) is 0 Å². The SMILES string of the molecule is CCC(C)Nc1cccc(Cl)c1. The second-order valence-electron chi connectivity index (χ2n) is 2.96. The monoisotopic (exact) mass is 183 g/mol. The van der Waals surface area contributed by atoms with Gasteiger partial charge in [0.2, 0.25) is 0 Å². The van der Waals surface area contributed by atoms with E-state index in [1.54, 1.807) is 0 Å². The van der Waals surface area contributed by atoms with E-state index in [0.717, 1.165) is 17.1 Å². The van der Waals surface area contributed by atoms with Crippen molar-refractivity contribution in [1.82, 2.24) is 0 Å². The largest absolute Gasteiger partial charge is 0.383 e. The summed E-state index contributed by atoms with van der Waals surface area (Å²) in [6.45, 7) is 4.31. The highest BCUT2D eigenvalue weighted by Crippen LogP contribution is 2.15. The average Bonchev–Trinajstić information content (AvgIpc) is 2.04. The molecule has 0 radical (unpaired) electrons. The summed E-state index contributed by atoms with van der Waals surface area (Å²) in [6, 6.07) is 8.30. The highest BCUT2D eigenvalue weighted by atomic mass is 35.5. The van der Waals surface area contributed by atoms with E-state index in [-0.39, 0.29) is 0 Å². The third kappa shape index (κ3) is 2.74. The zero-order valence-corrected chi connectivity index (χ0v) is 8.23. The maximum atomic E-state index is 5.83. The Bertz CT molecular complexity index is 247. The van der Waals surface area contributed by atoms with E-state index in [1.165, 1.54) is 0 Å². The second-order valence-corrected chi connectivity index (χ2v) is 3.40. The molecule has 0 aliphatic heterocycles. The molecule has 1 rings (SSSR count). The van der Waals surface area contributed by atoms with E-state index in [4.69, 9.17) is 11.6 Å². The minimum atomic E-state index is 0.503. The number of rotatable bonds is 3. The number of benzene rings is 1. The molecule has 0 spiro atoms. The van der Waals surface area contributed by atoms with Crippen LogP contribution in [0.15, 0.2) is 24.3 Å². The Morgan fingerprint density at radius 1 is 1.50 bits per heavy atom. The molecule has 0 bridgehead atoms. The molecule has 2 heteroatoms. The molecule has 0 aromatic heterocycles. The van der Waals surface area contributed by atoms with Crippen molar-refractivity contribution in [3.05, 3.63) is 29.3 Å². The molecule has 1 aromatic carbocycles. The first kappa shape index (κ1) is 9.40.